The lowest BCUT2D eigenvalue weighted by molar-refractivity contribution is 0.0553. The lowest BCUT2D eigenvalue weighted by Gasteiger charge is -2.26. The molecule has 0 unspecified atom stereocenters. The molecule has 0 bridgehead atoms. The van der Waals surface area contributed by atoms with Crippen molar-refractivity contribution in [3.8, 4) is 0 Å². The topological polar surface area (TPSA) is 29.5 Å². The molecule has 0 aromatic heterocycles. The standard InChI is InChI=1S/C16H22FNO2/c1-18(12-13-6-9-20-10-7-13)8-5-16(19)14-3-2-4-15(17)11-14/h2-4,11,13H,5-10,12H2,1H3. The molecule has 110 valence electrons. The largest absolute Gasteiger partial charge is 0.381 e. The van der Waals surface area contributed by atoms with Gasteiger partial charge in [0.25, 0.3) is 0 Å². The van der Waals surface area contributed by atoms with Crippen molar-refractivity contribution in [2.45, 2.75) is 19.3 Å². The lowest BCUT2D eigenvalue weighted by atomic mass is 9.99. The first-order chi connectivity index (χ1) is 9.65. The van der Waals surface area contributed by atoms with Crippen molar-refractivity contribution in [3.05, 3.63) is 35.6 Å². The summed E-state index contributed by atoms with van der Waals surface area (Å²) >= 11 is 0. The van der Waals surface area contributed by atoms with Crippen LogP contribution >= 0.6 is 0 Å². The number of ether oxygens (including phenoxy) is 1. The number of hydrogen-bond acceptors (Lipinski definition) is 3. The van der Waals surface area contributed by atoms with Crippen LogP contribution in [-0.4, -0.2) is 44.0 Å². The summed E-state index contributed by atoms with van der Waals surface area (Å²) in [5, 5.41) is 0. The Hall–Kier alpha value is -1.26. The molecule has 1 aromatic carbocycles. The van der Waals surface area contributed by atoms with Gasteiger partial charge in [-0.2, -0.15) is 0 Å². The molecule has 0 saturated carbocycles. The van der Waals surface area contributed by atoms with Crippen molar-refractivity contribution < 1.29 is 13.9 Å². The summed E-state index contributed by atoms with van der Waals surface area (Å²) in [4.78, 5) is 14.2. The number of halogens is 1. The summed E-state index contributed by atoms with van der Waals surface area (Å²) in [5.74, 6) is 0.313. The Labute approximate surface area is 119 Å². The molecule has 1 aromatic rings. The Morgan fingerprint density at radius 2 is 2.15 bits per heavy atom. The molecule has 0 aliphatic carbocycles. The second-order valence-corrected chi connectivity index (χ2v) is 5.50. The van der Waals surface area contributed by atoms with Crippen molar-refractivity contribution >= 4 is 5.78 Å². The number of rotatable bonds is 6. The van der Waals surface area contributed by atoms with Crippen LogP contribution in [0.15, 0.2) is 24.3 Å². The van der Waals surface area contributed by atoms with Gasteiger partial charge in [0.05, 0.1) is 0 Å². The molecule has 0 N–H and O–H groups in total. The average molecular weight is 279 g/mol. The summed E-state index contributed by atoms with van der Waals surface area (Å²) in [6.45, 7) is 3.41. The zero-order valence-corrected chi connectivity index (χ0v) is 12.0. The fourth-order valence-corrected chi connectivity index (χ4v) is 2.56. The molecule has 1 fully saturated rings. The smallest absolute Gasteiger partial charge is 0.164 e. The van der Waals surface area contributed by atoms with Crippen molar-refractivity contribution in [1.82, 2.24) is 4.90 Å². The first-order valence-electron chi connectivity index (χ1n) is 7.20. The van der Waals surface area contributed by atoms with E-state index in [1.165, 1.54) is 12.1 Å². The SMILES string of the molecule is CN(CCC(=O)c1cccc(F)c1)CC1CCOCC1. The highest BCUT2D eigenvalue weighted by Gasteiger charge is 2.16. The van der Waals surface area contributed by atoms with E-state index in [-0.39, 0.29) is 11.6 Å². The van der Waals surface area contributed by atoms with Gasteiger partial charge >= 0.3 is 0 Å². The minimum atomic E-state index is -0.355. The van der Waals surface area contributed by atoms with Gasteiger partial charge in [0.15, 0.2) is 5.78 Å². The van der Waals surface area contributed by atoms with Gasteiger partial charge < -0.3 is 9.64 Å². The second kappa shape index (κ2) is 7.50. The van der Waals surface area contributed by atoms with E-state index >= 15 is 0 Å². The molecule has 0 amide bonds. The lowest BCUT2D eigenvalue weighted by Crippen LogP contribution is -2.31. The van der Waals surface area contributed by atoms with Crippen molar-refractivity contribution in [3.63, 3.8) is 0 Å². The molecular formula is C16H22FNO2. The third-order valence-corrected chi connectivity index (χ3v) is 3.78. The third-order valence-electron chi connectivity index (χ3n) is 3.78. The van der Waals surface area contributed by atoms with Crippen molar-refractivity contribution in [1.29, 1.82) is 0 Å². The maximum atomic E-state index is 13.1. The fourth-order valence-electron chi connectivity index (χ4n) is 2.56. The summed E-state index contributed by atoms with van der Waals surface area (Å²) in [6.07, 6.45) is 2.63. The predicted octanol–water partition coefficient (Wildman–Crippen LogP) is 2.76. The van der Waals surface area contributed by atoms with E-state index in [1.807, 2.05) is 7.05 Å². The highest BCUT2D eigenvalue weighted by molar-refractivity contribution is 5.96. The van der Waals surface area contributed by atoms with Crippen LogP contribution in [0.2, 0.25) is 0 Å². The van der Waals surface area contributed by atoms with Gasteiger partial charge in [0.1, 0.15) is 5.82 Å². The highest BCUT2D eigenvalue weighted by Crippen LogP contribution is 2.16. The molecule has 20 heavy (non-hydrogen) atoms. The molecule has 3 nitrogen and oxygen atoms in total. The first-order valence-corrected chi connectivity index (χ1v) is 7.20. The molecule has 1 aliphatic rings. The third kappa shape index (κ3) is 4.69. The summed E-state index contributed by atoms with van der Waals surface area (Å²) in [6, 6.07) is 5.91. The molecule has 1 aliphatic heterocycles. The van der Waals surface area contributed by atoms with E-state index in [0.717, 1.165) is 32.6 Å². The van der Waals surface area contributed by atoms with Crippen molar-refractivity contribution in [2.75, 3.05) is 33.4 Å². The number of carbonyl (C=O) groups is 1. The first kappa shape index (κ1) is 15.1. The Morgan fingerprint density at radius 1 is 1.40 bits per heavy atom. The Balaban J connectivity index is 1.75. The van der Waals surface area contributed by atoms with Crippen LogP contribution in [0.5, 0.6) is 0 Å². The maximum absolute atomic E-state index is 13.1. The van der Waals surface area contributed by atoms with Gasteiger partial charge in [0, 0.05) is 38.3 Å². The second-order valence-electron chi connectivity index (χ2n) is 5.50. The fraction of sp³-hybridized carbons (Fsp3) is 0.562. The maximum Gasteiger partial charge on any atom is 0.164 e. The molecule has 4 heteroatoms. The van der Waals surface area contributed by atoms with Gasteiger partial charge in [0.2, 0.25) is 0 Å². The monoisotopic (exact) mass is 279 g/mol. The van der Waals surface area contributed by atoms with Crippen LogP contribution in [0, 0.1) is 11.7 Å². The van der Waals surface area contributed by atoms with E-state index in [2.05, 4.69) is 4.90 Å². The van der Waals surface area contributed by atoms with Crippen LogP contribution in [-0.2, 0) is 4.74 Å². The minimum Gasteiger partial charge on any atom is -0.381 e. The van der Waals surface area contributed by atoms with Crippen LogP contribution in [0.4, 0.5) is 4.39 Å². The number of nitrogens with zero attached hydrogens (tertiary/aromatic N) is 1. The van der Waals surface area contributed by atoms with Crippen LogP contribution < -0.4 is 0 Å². The van der Waals surface area contributed by atoms with E-state index in [0.29, 0.717) is 24.4 Å². The predicted molar refractivity (Wildman–Crippen MR) is 76.4 cm³/mol. The molecule has 0 spiro atoms. The average Bonchev–Trinajstić information content (AvgIpc) is 2.46. The van der Waals surface area contributed by atoms with Gasteiger partial charge in [-0.15, -0.1) is 0 Å². The normalized spacial score (nSPS) is 16.6. The highest BCUT2D eigenvalue weighted by atomic mass is 19.1. The van der Waals surface area contributed by atoms with Crippen LogP contribution in [0.1, 0.15) is 29.6 Å². The van der Waals surface area contributed by atoms with E-state index in [9.17, 15) is 9.18 Å². The Kier molecular flexibility index (Phi) is 5.68. The number of Topliss-reactive ketones (excluding diaryl/α,β-unsaturated/α-hetero) is 1. The zero-order chi connectivity index (χ0) is 14.4. The number of ketones is 1. The van der Waals surface area contributed by atoms with Crippen LogP contribution in [0.3, 0.4) is 0 Å². The number of benzene rings is 1. The molecular weight excluding hydrogens is 257 g/mol. The molecule has 1 heterocycles. The summed E-state index contributed by atoms with van der Waals surface area (Å²) < 4.78 is 18.4. The molecule has 2 rings (SSSR count). The van der Waals surface area contributed by atoms with Gasteiger partial charge in [-0.05, 0) is 37.9 Å². The van der Waals surface area contributed by atoms with E-state index in [4.69, 9.17) is 4.74 Å². The quantitative estimate of drug-likeness (QED) is 0.750. The Bertz CT molecular complexity index is 444. The van der Waals surface area contributed by atoms with Gasteiger partial charge in [-0.3, -0.25) is 4.79 Å². The summed E-state index contributed by atoms with van der Waals surface area (Å²) in [5.41, 5.74) is 0.462. The Morgan fingerprint density at radius 3 is 2.85 bits per heavy atom. The van der Waals surface area contributed by atoms with E-state index < -0.39 is 0 Å². The molecule has 1 saturated heterocycles. The minimum absolute atomic E-state index is 0.00308. The van der Waals surface area contributed by atoms with Gasteiger partial charge in [-0.25, -0.2) is 4.39 Å². The molecule has 0 radical (unpaired) electrons. The number of carbonyl (C=O) groups excluding carboxylic acids is 1. The van der Waals surface area contributed by atoms with Gasteiger partial charge in [-0.1, -0.05) is 12.1 Å². The zero-order valence-electron chi connectivity index (χ0n) is 12.0. The van der Waals surface area contributed by atoms with E-state index in [1.54, 1.807) is 12.1 Å². The number of hydrogen-bond donors (Lipinski definition) is 0. The summed E-state index contributed by atoms with van der Waals surface area (Å²) in [7, 11) is 2.04. The van der Waals surface area contributed by atoms with Crippen molar-refractivity contribution in [2.24, 2.45) is 5.92 Å². The van der Waals surface area contributed by atoms with Crippen LogP contribution in [0.25, 0.3) is 0 Å². The molecule has 0 atom stereocenters.